The molecule has 0 amide bonds. The number of carbonyl (C=O) groups is 1. The summed E-state index contributed by atoms with van der Waals surface area (Å²) < 4.78 is 34.0. The molecule has 0 aliphatic carbocycles. The van der Waals surface area contributed by atoms with Crippen molar-refractivity contribution in [2.75, 3.05) is 66.1 Å². The van der Waals surface area contributed by atoms with E-state index in [0.717, 1.165) is 25.7 Å². The lowest BCUT2D eigenvalue weighted by Gasteiger charge is -2.29. The molecule has 1 rings (SSSR count). The van der Waals surface area contributed by atoms with E-state index in [1.54, 1.807) is 0 Å². The molecule has 0 bridgehead atoms. The lowest BCUT2D eigenvalue weighted by Crippen LogP contribution is -2.45. The van der Waals surface area contributed by atoms with Gasteiger partial charge >= 0.3 is 5.97 Å². The van der Waals surface area contributed by atoms with Gasteiger partial charge in [-0.25, -0.2) is 0 Å². The Morgan fingerprint density at radius 3 is 2.07 bits per heavy atom. The van der Waals surface area contributed by atoms with Crippen LogP contribution in [0.25, 0.3) is 0 Å². The van der Waals surface area contributed by atoms with Crippen LogP contribution in [0, 0.1) is 0 Å². The zero-order valence-electron chi connectivity index (χ0n) is 26.1. The lowest BCUT2D eigenvalue weighted by molar-refractivity contribution is -0.149. The number of unbranched alkanes of at least 4 members (excludes halogenated alkanes) is 11. The van der Waals surface area contributed by atoms with Crippen molar-refractivity contribution in [2.24, 2.45) is 0 Å². The lowest BCUT2D eigenvalue weighted by atomic mass is 10.1. The number of hydrogen-bond donors (Lipinski definition) is 3. The summed E-state index contributed by atoms with van der Waals surface area (Å²) in [6.45, 7) is 2.87. The van der Waals surface area contributed by atoms with E-state index < -0.39 is 24.4 Å². The van der Waals surface area contributed by atoms with Gasteiger partial charge in [0.2, 0.25) is 0 Å². The van der Waals surface area contributed by atoms with Gasteiger partial charge in [0.1, 0.15) is 31.0 Å². The Morgan fingerprint density at radius 2 is 1.40 bits per heavy atom. The summed E-state index contributed by atoms with van der Waals surface area (Å²) in [5.74, 6) is -0.218. The zero-order valence-corrected chi connectivity index (χ0v) is 26.1. The number of aliphatic hydroxyl groups excluding tert-OH is 3. The van der Waals surface area contributed by atoms with Crippen molar-refractivity contribution in [3.8, 4) is 0 Å². The van der Waals surface area contributed by atoms with Gasteiger partial charge in [0.05, 0.1) is 59.5 Å². The number of carbonyl (C=O) groups excluding carboxylic acids is 1. The highest BCUT2D eigenvalue weighted by molar-refractivity contribution is 5.69. The fourth-order valence-electron chi connectivity index (χ4n) is 4.93. The fraction of sp³-hybridized carbons (Fsp3) is 0.906. The van der Waals surface area contributed by atoms with Gasteiger partial charge in [-0.1, -0.05) is 70.4 Å². The minimum Gasteiger partial charge on any atom is -0.463 e. The summed E-state index contributed by atoms with van der Waals surface area (Å²) in [4.78, 5) is 12.1. The van der Waals surface area contributed by atoms with E-state index in [-0.39, 0.29) is 72.0 Å². The highest BCUT2D eigenvalue weighted by atomic mass is 16.6. The molecule has 0 unspecified atom stereocenters. The standard InChI is InChI=1S/C32H60O10/c1-2-3-4-5-6-7-8-9-10-11-12-13-14-15-16-17-30(36)40-25-24-37-26-28(38-21-18-33)32-31(41-23-20-35)29(27-42-32)39-22-19-34/h9-10,28-29,31-35H,2-8,11-27H2,1H3/b10-9-/t28-,29-,31+,32-/m0/s1. The van der Waals surface area contributed by atoms with Crippen LogP contribution in [0.15, 0.2) is 12.2 Å². The molecule has 42 heavy (non-hydrogen) atoms. The average Bonchev–Trinajstić information content (AvgIpc) is 3.40. The van der Waals surface area contributed by atoms with Crippen LogP contribution in [0.5, 0.6) is 0 Å². The molecule has 0 saturated carbocycles. The number of aliphatic hydroxyl groups is 3. The Labute approximate surface area is 254 Å². The summed E-state index contributed by atoms with van der Waals surface area (Å²) in [5.41, 5.74) is 0. The molecule has 1 aliphatic heterocycles. The first-order valence-corrected chi connectivity index (χ1v) is 16.3. The number of esters is 1. The molecule has 248 valence electrons. The Balaban J connectivity index is 2.13. The van der Waals surface area contributed by atoms with Crippen LogP contribution in [0.1, 0.15) is 96.8 Å². The van der Waals surface area contributed by atoms with E-state index in [0.29, 0.717) is 6.42 Å². The molecule has 0 aromatic carbocycles. The first-order valence-electron chi connectivity index (χ1n) is 16.3. The first-order chi connectivity index (χ1) is 20.7. The van der Waals surface area contributed by atoms with E-state index in [2.05, 4.69) is 19.1 Å². The summed E-state index contributed by atoms with van der Waals surface area (Å²) >= 11 is 0. The maximum Gasteiger partial charge on any atom is 0.305 e. The predicted molar refractivity (Wildman–Crippen MR) is 161 cm³/mol. The van der Waals surface area contributed by atoms with E-state index in [1.165, 1.54) is 57.8 Å². The maximum absolute atomic E-state index is 12.1. The second kappa shape index (κ2) is 28.6. The zero-order chi connectivity index (χ0) is 30.5. The van der Waals surface area contributed by atoms with Crippen molar-refractivity contribution in [1.29, 1.82) is 0 Å². The van der Waals surface area contributed by atoms with Gasteiger partial charge in [-0.3, -0.25) is 4.79 Å². The summed E-state index contributed by atoms with van der Waals surface area (Å²) in [6, 6.07) is 0. The van der Waals surface area contributed by atoms with Crippen LogP contribution < -0.4 is 0 Å². The topological polar surface area (TPSA) is 133 Å². The molecule has 10 nitrogen and oxygen atoms in total. The van der Waals surface area contributed by atoms with Crippen molar-refractivity contribution >= 4 is 5.97 Å². The van der Waals surface area contributed by atoms with Crippen molar-refractivity contribution in [3.05, 3.63) is 12.2 Å². The highest BCUT2D eigenvalue weighted by Gasteiger charge is 2.44. The SMILES string of the molecule is CCCCCCCC/C=C\CCCCCCCC(=O)OCCOC[C@H](OCCO)[C@@H]1OC[C@H](OCCO)[C@H]1OCCO. The third-order valence-corrected chi connectivity index (χ3v) is 7.17. The highest BCUT2D eigenvalue weighted by Crippen LogP contribution is 2.25. The third-order valence-electron chi connectivity index (χ3n) is 7.17. The fourth-order valence-corrected chi connectivity index (χ4v) is 4.93. The molecular weight excluding hydrogens is 544 g/mol. The Bertz CT molecular complexity index is 632. The van der Waals surface area contributed by atoms with Gasteiger partial charge in [-0.15, -0.1) is 0 Å². The second-order valence-electron chi connectivity index (χ2n) is 10.8. The molecular formula is C32H60O10. The number of rotatable bonds is 30. The number of allylic oxidation sites excluding steroid dienone is 2. The van der Waals surface area contributed by atoms with E-state index in [1.807, 2.05) is 0 Å². The molecule has 0 spiro atoms. The Morgan fingerprint density at radius 1 is 0.786 bits per heavy atom. The van der Waals surface area contributed by atoms with Gasteiger partial charge in [0.25, 0.3) is 0 Å². The van der Waals surface area contributed by atoms with Crippen molar-refractivity contribution in [3.63, 3.8) is 0 Å². The van der Waals surface area contributed by atoms with E-state index >= 15 is 0 Å². The molecule has 0 aromatic heterocycles. The summed E-state index contributed by atoms with van der Waals surface area (Å²) in [6.07, 6.45) is 18.8. The first kappa shape index (κ1) is 38.9. The predicted octanol–water partition coefficient (Wildman–Crippen LogP) is 4.12. The van der Waals surface area contributed by atoms with Gasteiger partial charge in [-0.05, 0) is 32.1 Å². The van der Waals surface area contributed by atoms with Crippen LogP contribution in [-0.4, -0.2) is 112 Å². The smallest absolute Gasteiger partial charge is 0.305 e. The van der Waals surface area contributed by atoms with E-state index in [9.17, 15) is 15.0 Å². The second-order valence-corrected chi connectivity index (χ2v) is 10.8. The average molecular weight is 605 g/mol. The largest absolute Gasteiger partial charge is 0.463 e. The normalized spacial score (nSPS) is 19.6. The van der Waals surface area contributed by atoms with Crippen molar-refractivity contribution in [2.45, 2.75) is 121 Å². The van der Waals surface area contributed by atoms with Gasteiger partial charge < -0.3 is 43.7 Å². The Kier molecular flexibility index (Phi) is 26.5. The number of ether oxygens (including phenoxy) is 6. The quantitative estimate of drug-likeness (QED) is 0.0625. The van der Waals surface area contributed by atoms with Crippen molar-refractivity contribution in [1.82, 2.24) is 0 Å². The number of hydrogen-bond acceptors (Lipinski definition) is 10. The van der Waals surface area contributed by atoms with Gasteiger partial charge in [-0.2, -0.15) is 0 Å². The van der Waals surface area contributed by atoms with Gasteiger partial charge in [0.15, 0.2) is 0 Å². The molecule has 1 fully saturated rings. The monoisotopic (exact) mass is 604 g/mol. The summed E-state index contributed by atoms with van der Waals surface area (Å²) in [5, 5.41) is 27.5. The molecule has 10 heteroatoms. The molecule has 4 atom stereocenters. The van der Waals surface area contributed by atoms with Crippen LogP contribution >= 0.6 is 0 Å². The van der Waals surface area contributed by atoms with Gasteiger partial charge in [0, 0.05) is 6.42 Å². The molecule has 1 saturated heterocycles. The summed E-state index contributed by atoms with van der Waals surface area (Å²) in [7, 11) is 0. The van der Waals surface area contributed by atoms with Crippen LogP contribution in [-0.2, 0) is 33.2 Å². The minimum atomic E-state index is -0.560. The van der Waals surface area contributed by atoms with Crippen LogP contribution in [0.3, 0.4) is 0 Å². The third kappa shape index (κ3) is 20.0. The van der Waals surface area contributed by atoms with Crippen LogP contribution in [0.4, 0.5) is 0 Å². The molecule has 0 aromatic rings. The van der Waals surface area contributed by atoms with Crippen LogP contribution in [0.2, 0.25) is 0 Å². The molecule has 1 heterocycles. The maximum atomic E-state index is 12.1. The minimum absolute atomic E-state index is 0.0910. The van der Waals surface area contributed by atoms with E-state index in [4.69, 9.17) is 33.5 Å². The van der Waals surface area contributed by atoms with Crippen molar-refractivity contribution < 1.29 is 48.5 Å². The molecule has 0 radical (unpaired) electrons. The Hall–Kier alpha value is -1.11. The molecule has 3 N–H and O–H groups in total. The molecule has 1 aliphatic rings.